The lowest BCUT2D eigenvalue weighted by molar-refractivity contribution is 0.669. The fraction of sp³-hybridized carbons (Fsp3) is 0. The maximum Gasteiger partial charge on any atom is 0.164 e. The van der Waals surface area contributed by atoms with Crippen LogP contribution < -0.4 is 0 Å². The minimum atomic E-state index is 0.616. The fourth-order valence-corrected chi connectivity index (χ4v) is 10.5. The lowest BCUT2D eigenvalue weighted by Crippen LogP contribution is -2.01. The molecule has 0 radical (unpaired) electrons. The molecule has 12 aromatic carbocycles. The SMILES string of the molecule is c1ccc2cc(-c3ccc(-c4nc(-c5ccc6ccccc6c5)nc(-c5ccc(-c6cccc7oc8cc(-c9cc%10ccccc%10c%10ccccc9%10)ccc8c67)c6ccccc56)n4)cc3)ccc2c1. The minimum absolute atomic E-state index is 0.616. The Balaban J connectivity index is 0.899. The Hall–Kier alpha value is -9.25. The summed E-state index contributed by atoms with van der Waals surface area (Å²) in [6.07, 6.45) is 0. The van der Waals surface area contributed by atoms with Gasteiger partial charge in [0.25, 0.3) is 0 Å². The van der Waals surface area contributed by atoms with Crippen LogP contribution in [0, 0.1) is 0 Å². The molecule has 2 heterocycles. The quantitative estimate of drug-likeness (QED) is 0.156. The van der Waals surface area contributed by atoms with Crippen molar-refractivity contribution in [3.05, 3.63) is 237 Å². The molecule has 4 heteroatoms. The van der Waals surface area contributed by atoms with Crippen LogP contribution in [0.15, 0.2) is 241 Å². The highest BCUT2D eigenvalue weighted by atomic mass is 16.3. The van der Waals surface area contributed by atoms with Crippen molar-refractivity contribution in [2.75, 3.05) is 0 Å². The van der Waals surface area contributed by atoms with Crippen molar-refractivity contribution in [1.82, 2.24) is 15.0 Å². The molecule has 2 aromatic heterocycles. The topological polar surface area (TPSA) is 51.8 Å². The molecule has 0 N–H and O–H groups in total. The molecular weight excluding hydrogens is 839 g/mol. The molecule has 14 aromatic rings. The van der Waals surface area contributed by atoms with Gasteiger partial charge in [-0.05, 0) is 130 Å². The Kier molecular flexibility index (Phi) is 8.86. The van der Waals surface area contributed by atoms with Gasteiger partial charge in [-0.25, -0.2) is 15.0 Å². The van der Waals surface area contributed by atoms with E-state index in [0.29, 0.717) is 17.5 Å². The Morgan fingerprint density at radius 1 is 0.232 bits per heavy atom. The summed E-state index contributed by atoms with van der Waals surface area (Å²) in [7, 11) is 0. The minimum Gasteiger partial charge on any atom is -0.456 e. The highest BCUT2D eigenvalue weighted by Crippen LogP contribution is 2.44. The first-order chi connectivity index (χ1) is 34.2. The predicted octanol–water partition coefficient (Wildman–Crippen LogP) is 17.5. The molecule has 320 valence electrons. The van der Waals surface area contributed by atoms with Crippen LogP contribution in [0.2, 0.25) is 0 Å². The average Bonchev–Trinajstić information content (AvgIpc) is 3.80. The standard InChI is InChI=1S/C65H39N3O/c1-3-14-44-36-46(30-26-40(44)12-1)42-24-28-43(29-25-42)63-66-64(49-31-27-41-13-2-4-15-45(41)37-49)68-65(67-63)57-35-34-55(52-19-8-9-20-53(52)57)56-22-11-23-60-62(56)58-33-32-48(39-61(58)69-60)59-38-47-16-5-6-17-50(47)51-18-7-10-21-54(51)59/h1-39H. The van der Waals surface area contributed by atoms with Crippen LogP contribution in [-0.4, -0.2) is 15.0 Å². The van der Waals surface area contributed by atoms with Crippen molar-refractivity contribution >= 4 is 75.8 Å². The van der Waals surface area contributed by atoms with Gasteiger partial charge >= 0.3 is 0 Å². The van der Waals surface area contributed by atoms with E-state index in [1.54, 1.807) is 0 Å². The Morgan fingerprint density at radius 3 is 1.49 bits per heavy atom. The van der Waals surface area contributed by atoms with Crippen molar-refractivity contribution < 1.29 is 4.42 Å². The summed E-state index contributed by atoms with van der Waals surface area (Å²) < 4.78 is 6.74. The zero-order chi connectivity index (χ0) is 45.4. The second-order valence-electron chi connectivity index (χ2n) is 17.9. The summed E-state index contributed by atoms with van der Waals surface area (Å²) in [4.78, 5) is 15.7. The molecule has 0 aliphatic rings. The van der Waals surface area contributed by atoms with Crippen LogP contribution >= 0.6 is 0 Å². The first-order valence-electron chi connectivity index (χ1n) is 23.4. The van der Waals surface area contributed by atoms with Gasteiger partial charge in [0.2, 0.25) is 0 Å². The van der Waals surface area contributed by atoms with Crippen molar-refractivity contribution in [3.63, 3.8) is 0 Å². The molecule has 69 heavy (non-hydrogen) atoms. The number of hydrogen-bond acceptors (Lipinski definition) is 4. The van der Waals surface area contributed by atoms with E-state index in [-0.39, 0.29) is 0 Å². The van der Waals surface area contributed by atoms with Gasteiger partial charge in [0.15, 0.2) is 17.5 Å². The smallest absolute Gasteiger partial charge is 0.164 e. The average molecular weight is 878 g/mol. The van der Waals surface area contributed by atoms with Crippen LogP contribution in [0.4, 0.5) is 0 Å². The van der Waals surface area contributed by atoms with E-state index in [1.807, 2.05) is 0 Å². The molecule has 4 nitrogen and oxygen atoms in total. The summed E-state index contributed by atoms with van der Waals surface area (Å²) in [5, 5.41) is 14.0. The Bertz CT molecular complexity index is 4380. The van der Waals surface area contributed by atoms with Gasteiger partial charge in [-0.1, -0.05) is 194 Å². The van der Waals surface area contributed by atoms with Gasteiger partial charge in [0, 0.05) is 27.5 Å². The molecule has 0 bridgehead atoms. The number of furan rings is 1. The van der Waals surface area contributed by atoms with E-state index in [4.69, 9.17) is 19.4 Å². The summed E-state index contributed by atoms with van der Waals surface area (Å²) in [6.45, 7) is 0. The van der Waals surface area contributed by atoms with Crippen LogP contribution in [0.3, 0.4) is 0 Å². The first-order valence-corrected chi connectivity index (χ1v) is 23.4. The molecule has 0 saturated heterocycles. The number of nitrogens with zero attached hydrogens (tertiary/aromatic N) is 3. The van der Waals surface area contributed by atoms with Crippen LogP contribution in [-0.2, 0) is 0 Å². The monoisotopic (exact) mass is 877 g/mol. The third-order valence-electron chi connectivity index (χ3n) is 13.9. The van der Waals surface area contributed by atoms with Gasteiger partial charge in [-0.2, -0.15) is 0 Å². The normalized spacial score (nSPS) is 11.8. The van der Waals surface area contributed by atoms with Crippen molar-refractivity contribution in [3.8, 4) is 67.5 Å². The van der Waals surface area contributed by atoms with Gasteiger partial charge in [0.05, 0.1) is 0 Å². The van der Waals surface area contributed by atoms with Crippen LogP contribution in [0.5, 0.6) is 0 Å². The largest absolute Gasteiger partial charge is 0.456 e. The summed E-state index contributed by atoms with van der Waals surface area (Å²) >= 11 is 0. The molecule has 0 saturated carbocycles. The van der Waals surface area contributed by atoms with Gasteiger partial charge < -0.3 is 4.42 Å². The number of benzene rings is 12. The summed E-state index contributed by atoms with van der Waals surface area (Å²) in [6, 6.07) is 84.2. The van der Waals surface area contributed by atoms with Crippen molar-refractivity contribution in [2.45, 2.75) is 0 Å². The van der Waals surface area contributed by atoms with E-state index in [9.17, 15) is 0 Å². The highest BCUT2D eigenvalue weighted by Gasteiger charge is 2.20. The molecule has 0 atom stereocenters. The molecule has 0 unspecified atom stereocenters. The first kappa shape index (κ1) is 39.0. The molecule has 0 amide bonds. The Morgan fingerprint density at radius 2 is 0.754 bits per heavy atom. The van der Waals surface area contributed by atoms with Crippen molar-refractivity contribution in [1.29, 1.82) is 0 Å². The lowest BCUT2D eigenvalue weighted by Gasteiger charge is -2.14. The third kappa shape index (κ3) is 6.57. The summed E-state index contributed by atoms with van der Waals surface area (Å²) in [5.74, 6) is 1.86. The highest BCUT2D eigenvalue weighted by molar-refractivity contribution is 6.18. The third-order valence-corrected chi connectivity index (χ3v) is 13.9. The lowest BCUT2D eigenvalue weighted by atomic mass is 9.91. The van der Waals surface area contributed by atoms with E-state index in [2.05, 4.69) is 237 Å². The molecule has 14 rings (SSSR count). The van der Waals surface area contributed by atoms with E-state index in [0.717, 1.165) is 77.0 Å². The van der Waals surface area contributed by atoms with Gasteiger partial charge in [-0.15, -0.1) is 0 Å². The Labute approximate surface area is 397 Å². The van der Waals surface area contributed by atoms with Gasteiger partial charge in [0.1, 0.15) is 11.2 Å². The van der Waals surface area contributed by atoms with Crippen LogP contribution in [0.1, 0.15) is 0 Å². The maximum atomic E-state index is 6.74. The van der Waals surface area contributed by atoms with E-state index in [1.165, 1.54) is 48.8 Å². The molecular formula is C65H39N3O. The maximum absolute atomic E-state index is 6.74. The van der Waals surface area contributed by atoms with E-state index < -0.39 is 0 Å². The number of rotatable bonds is 6. The molecule has 0 fully saturated rings. The number of fused-ring (bicyclic) bond motifs is 9. The number of aromatic nitrogens is 3. The molecule has 0 spiro atoms. The second-order valence-corrected chi connectivity index (χ2v) is 17.9. The van der Waals surface area contributed by atoms with Crippen molar-refractivity contribution in [2.24, 2.45) is 0 Å². The second kappa shape index (κ2) is 15.7. The summed E-state index contributed by atoms with van der Waals surface area (Å²) in [5.41, 5.74) is 11.3. The van der Waals surface area contributed by atoms with Gasteiger partial charge in [-0.3, -0.25) is 0 Å². The van der Waals surface area contributed by atoms with E-state index >= 15 is 0 Å². The zero-order valence-electron chi connectivity index (χ0n) is 37.3. The molecule has 0 aliphatic heterocycles. The fourth-order valence-electron chi connectivity index (χ4n) is 10.5. The molecule has 0 aliphatic carbocycles. The predicted molar refractivity (Wildman–Crippen MR) is 287 cm³/mol. The van der Waals surface area contributed by atoms with Crippen LogP contribution in [0.25, 0.3) is 143 Å². The zero-order valence-corrected chi connectivity index (χ0v) is 37.3. The number of hydrogen-bond donors (Lipinski definition) is 0.